The van der Waals surface area contributed by atoms with Crippen molar-refractivity contribution in [1.29, 1.82) is 0 Å². The van der Waals surface area contributed by atoms with Crippen LogP contribution in [0.4, 0.5) is 13.2 Å². The average molecular weight is 256 g/mol. The molecule has 0 aromatic rings. The van der Waals surface area contributed by atoms with E-state index >= 15 is 0 Å². The molecule has 0 bridgehead atoms. The molecule has 0 aromatic heterocycles. The summed E-state index contributed by atoms with van der Waals surface area (Å²) in [4.78, 5) is 22.2. The summed E-state index contributed by atoms with van der Waals surface area (Å²) < 4.78 is 37.8. The first-order valence-corrected chi connectivity index (χ1v) is 4.70. The van der Waals surface area contributed by atoms with Gasteiger partial charge >= 0.3 is 12.1 Å². The Morgan fingerprint density at radius 1 is 1.12 bits per heavy atom. The number of alkyl halides is 3. The highest BCUT2D eigenvalue weighted by atomic mass is 19.4. The molecule has 0 heterocycles. The highest BCUT2D eigenvalue weighted by molar-refractivity contribution is 5.92. The Morgan fingerprint density at radius 2 is 1.53 bits per heavy atom. The molecule has 0 radical (unpaired) electrons. The number of hydrogen-bond donors (Lipinski definition) is 3. The van der Waals surface area contributed by atoms with Gasteiger partial charge in [0.25, 0.3) is 0 Å². The third kappa shape index (κ3) is 3.09. The molecule has 0 aliphatic heterocycles. The minimum absolute atomic E-state index is 0.402. The van der Waals surface area contributed by atoms with E-state index in [1.54, 1.807) is 0 Å². The lowest BCUT2D eigenvalue weighted by atomic mass is 9.98. The van der Waals surface area contributed by atoms with E-state index in [2.05, 4.69) is 5.32 Å². The van der Waals surface area contributed by atoms with Gasteiger partial charge in [0.15, 0.2) is 0 Å². The number of hydrogen-bond acceptors (Lipinski definition) is 3. The number of rotatable bonds is 4. The largest absolute Gasteiger partial charge is 0.479 e. The molecule has 0 saturated carbocycles. The molecule has 1 unspecified atom stereocenters. The zero-order valence-corrected chi connectivity index (χ0v) is 9.90. The first-order valence-electron chi connectivity index (χ1n) is 4.70. The number of likely N-dealkylation sites (N-methyl/N-ethyl adjacent to an activating group) is 1. The topological polar surface area (TPSA) is 78.4 Å². The van der Waals surface area contributed by atoms with E-state index in [0.717, 1.165) is 0 Å². The van der Waals surface area contributed by atoms with Gasteiger partial charge in [0, 0.05) is 0 Å². The maximum absolute atomic E-state index is 12.6. The summed E-state index contributed by atoms with van der Waals surface area (Å²) in [6.45, 7) is 3.07. The normalized spacial score (nSPS) is 16.2. The van der Waals surface area contributed by atoms with Crippen LogP contribution in [-0.2, 0) is 9.59 Å². The van der Waals surface area contributed by atoms with Gasteiger partial charge in [-0.3, -0.25) is 4.79 Å². The summed E-state index contributed by atoms with van der Waals surface area (Å²) in [6.07, 6.45) is -5.09. The van der Waals surface area contributed by atoms with Crippen LogP contribution in [0.15, 0.2) is 0 Å². The molecule has 100 valence electrons. The molecule has 0 saturated heterocycles. The zero-order chi connectivity index (χ0) is 14.1. The average Bonchev–Trinajstić information content (AvgIpc) is 2.15. The summed E-state index contributed by atoms with van der Waals surface area (Å²) in [5.41, 5.74) is -4.61. The molecule has 0 aromatic carbocycles. The summed E-state index contributed by atoms with van der Waals surface area (Å²) in [7, 11) is 1.38. The van der Waals surface area contributed by atoms with Crippen molar-refractivity contribution in [2.24, 2.45) is 0 Å². The summed E-state index contributed by atoms with van der Waals surface area (Å²) in [5.74, 6) is -3.22. The molecule has 8 heteroatoms. The van der Waals surface area contributed by atoms with E-state index in [4.69, 9.17) is 5.11 Å². The van der Waals surface area contributed by atoms with Gasteiger partial charge in [-0.15, -0.1) is 0 Å². The quantitative estimate of drug-likeness (QED) is 0.684. The van der Waals surface area contributed by atoms with Crippen LogP contribution in [0.25, 0.3) is 0 Å². The Morgan fingerprint density at radius 3 is 1.76 bits per heavy atom. The van der Waals surface area contributed by atoms with Crippen LogP contribution in [0, 0.1) is 0 Å². The minimum atomic E-state index is -5.09. The van der Waals surface area contributed by atoms with Crippen LogP contribution < -0.4 is 10.6 Å². The highest BCUT2D eigenvalue weighted by Gasteiger charge is 2.59. The molecular formula is C9H15F3N2O3. The Balaban J connectivity index is 5.19. The van der Waals surface area contributed by atoms with Crippen LogP contribution in [0.1, 0.15) is 20.8 Å². The van der Waals surface area contributed by atoms with Crippen molar-refractivity contribution >= 4 is 11.9 Å². The number of carboxylic acid groups (broad SMARTS) is 1. The van der Waals surface area contributed by atoms with Crippen LogP contribution in [0.3, 0.4) is 0 Å². The van der Waals surface area contributed by atoms with Crippen molar-refractivity contribution in [1.82, 2.24) is 10.6 Å². The standard InChI is InChI=1S/C9H15F3N2O3/c1-7(2,13-4)5(15)14-8(3,6(16)17)9(10,11)12/h13H,1-4H3,(H,14,15)(H,16,17). The van der Waals surface area contributed by atoms with Crippen molar-refractivity contribution in [3.8, 4) is 0 Å². The number of nitrogens with one attached hydrogen (secondary N) is 2. The monoisotopic (exact) mass is 256 g/mol. The van der Waals surface area contributed by atoms with Crippen molar-refractivity contribution in [2.75, 3.05) is 7.05 Å². The van der Waals surface area contributed by atoms with Gasteiger partial charge in [0.1, 0.15) is 0 Å². The van der Waals surface area contributed by atoms with Gasteiger partial charge in [-0.1, -0.05) is 0 Å². The van der Waals surface area contributed by atoms with E-state index in [0.29, 0.717) is 6.92 Å². The number of carbonyl (C=O) groups is 2. The minimum Gasteiger partial charge on any atom is -0.479 e. The number of aliphatic carboxylic acids is 1. The summed E-state index contributed by atoms with van der Waals surface area (Å²) >= 11 is 0. The molecule has 0 fully saturated rings. The lowest BCUT2D eigenvalue weighted by Gasteiger charge is -2.32. The van der Waals surface area contributed by atoms with Crippen molar-refractivity contribution < 1.29 is 27.9 Å². The molecule has 0 spiro atoms. The van der Waals surface area contributed by atoms with Gasteiger partial charge in [-0.2, -0.15) is 13.2 Å². The highest BCUT2D eigenvalue weighted by Crippen LogP contribution is 2.30. The lowest BCUT2D eigenvalue weighted by molar-refractivity contribution is -0.207. The Labute approximate surface area is 96.4 Å². The zero-order valence-electron chi connectivity index (χ0n) is 9.90. The Bertz CT molecular complexity index is 328. The summed E-state index contributed by atoms with van der Waals surface area (Å²) in [5, 5.41) is 12.6. The maximum Gasteiger partial charge on any atom is 0.422 e. The fourth-order valence-corrected chi connectivity index (χ4v) is 0.742. The molecular weight excluding hydrogens is 241 g/mol. The van der Waals surface area contributed by atoms with Gasteiger partial charge in [-0.05, 0) is 27.8 Å². The SMILES string of the molecule is CNC(C)(C)C(=O)NC(C)(C(=O)O)C(F)(F)F. The predicted molar refractivity (Wildman–Crippen MR) is 53.4 cm³/mol. The lowest BCUT2D eigenvalue weighted by Crippen LogP contribution is -2.66. The third-order valence-electron chi connectivity index (χ3n) is 2.55. The third-order valence-corrected chi connectivity index (χ3v) is 2.55. The maximum atomic E-state index is 12.6. The Hall–Kier alpha value is -1.31. The second-order valence-electron chi connectivity index (χ2n) is 4.26. The van der Waals surface area contributed by atoms with Crippen LogP contribution in [0.5, 0.6) is 0 Å². The first-order chi connectivity index (χ1) is 7.38. The van der Waals surface area contributed by atoms with Crippen LogP contribution >= 0.6 is 0 Å². The fraction of sp³-hybridized carbons (Fsp3) is 0.778. The van der Waals surface area contributed by atoms with Gasteiger partial charge < -0.3 is 15.7 Å². The molecule has 0 aliphatic carbocycles. The second kappa shape index (κ2) is 4.52. The number of amides is 1. The van der Waals surface area contributed by atoms with Gasteiger partial charge in [0.05, 0.1) is 5.54 Å². The van der Waals surface area contributed by atoms with Crippen molar-refractivity contribution in [2.45, 2.75) is 38.0 Å². The summed E-state index contributed by atoms with van der Waals surface area (Å²) in [6, 6.07) is 0. The van der Waals surface area contributed by atoms with Crippen LogP contribution in [-0.4, -0.2) is 41.3 Å². The van der Waals surface area contributed by atoms with E-state index in [-0.39, 0.29) is 0 Å². The molecule has 1 amide bonds. The van der Waals surface area contributed by atoms with E-state index in [1.807, 2.05) is 0 Å². The van der Waals surface area contributed by atoms with E-state index in [1.165, 1.54) is 26.2 Å². The van der Waals surface area contributed by atoms with Gasteiger partial charge in [-0.25, -0.2) is 4.79 Å². The number of halogens is 3. The first kappa shape index (κ1) is 15.7. The van der Waals surface area contributed by atoms with Crippen molar-refractivity contribution in [3.05, 3.63) is 0 Å². The Kier molecular flexibility index (Phi) is 4.17. The number of carbonyl (C=O) groups excluding carboxylic acids is 1. The number of carboxylic acids is 1. The molecule has 3 N–H and O–H groups in total. The molecule has 5 nitrogen and oxygen atoms in total. The van der Waals surface area contributed by atoms with Gasteiger partial charge in [0.2, 0.25) is 11.4 Å². The molecule has 0 aliphatic rings. The second-order valence-corrected chi connectivity index (χ2v) is 4.26. The predicted octanol–water partition coefficient (Wildman–Crippen LogP) is 0.506. The van der Waals surface area contributed by atoms with E-state index < -0.39 is 29.1 Å². The molecule has 17 heavy (non-hydrogen) atoms. The smallest absolute Gasteiger partial charge is 0.422 e. The van der Waals surface area contributed by atoms with E-state index in [9.17, 15) is 22.8 Å². The molecule has 1 atom stereocenters. The fourth-order valence-electron chi connectivity index (χ4n) is 0.742. The van der Waals surface area contributed by atoms with Crippen LogP contribution in [0.2, 0.25) is 0 Å². The van der Waals surface area contributed by atoms with Crippen molar-refractivity contribution in [3.63, 3.8) is 0 Å². The molecule has 0 rings (SSSR count).